The SMILES string of the molecule is CN(C)S(=O)(=O)C[C@@H]1COC[C@H]1NC(=O)c1n[nH]c(=O)c2ccccc12. The third-order valence-corrected chi connectivity index (χ3v) is 6.37. The number of aromatic amines is 1. The van der Waals surface area contributed by atoms with Crippen LogP contribution in [0, 0.1) is 5.92 Å². The van der Waals surface area contributed by atoms with Gasteiger partial charge in [-0.15, -0.1) is 0 Å². The zero-order valence-corrected chi connectivity index (χ0v) is 15.2. The standard InChI is InChI=1S/C16H20N4O5S/c1-20(2)26(23,24)9-10-7-25-8-13(10)17-16(22)14-11-5-3-4-6-12(11)15(21)19-18-14/h3-6,10,13H,7-9H2,1-2H3,(H,17,22)(H,19,21)/t10-,13+/m0/s1. The predicted molar refractivity (Wildman–Crippen MR) is 95.4 cm³/mol. The lowest BCUT2D eigenvalue weighted by Crippen LogP contribution is -2.44. The molecule has 9 nitrogen and oxygen atoms in total. The lowest BCUT2D eigenvalue weighted by atomic mass is 10.1. The minimum atomic E-state index is -3.42. The van der Waals surface area contributed by atoms with E-state index >= 15 is 0 Å². The van der Waals surface area contributed by atoms with E-state index in [4.69, 9.17) is 4.74 Å². The minimum absolute atomic E-state index is 0.0846. The Morgan fingerprint density at radius 2 is 2.00 bits per heavy atom. The van der Waals surface area contributed by atoms with Gasteiger partial charge in [0.2, 0.25) is 10.0 Å². The Morgan fingerprint density at radius 1 is 1.31 bits per heavy atom. The maximum absolute atomic E-state index is 12.7. The van der Waals surface area contributed by atoms with E-state index in [-0.39, 0.29) is 36.1 Å². The Kier molecular flexibility index (Phi) is 5.08. The first-order valence-electron chi connectivity index (χ1n) is 8.06. The summed E-state index contributed by atoms with van der Waals surface area (Å²) < 4.78 is 30.7. The average Bonchev–Trinajstić information content (AvgIpc) is 3.01. The van der Waals surface area contributed by atoms with Gasteiger partial charge in [0, 0.05) is 25.4 Å². The summed E-state index contributed by atoms with van der Waals surface area (Å²) in [5.74, 6) is -0.967. The van der Waals surface area contributed by atoms with E-state index in [2.05, 4.69) is 15.5 Å². The van der Waals surface area contributed by atoms with Crippen LogP contribution in [0.2, 0.25) is 0 Å². The fraction of sp³-hybridized carbons (Fsp3) is 0.438. The zero-order chi connectivity index (χ0) is 18.9. The van der Waals surface area contributed by atoms with Crippen LogP contribution in [-0.4, -0.2) is 67.9 Å². The first-order valence-corrected chi connectivity index (χ1v) is 9.67. The van der Waals surface area contributed by atoms with Gasteiger partial charge in [0.25, 0.3) is 11.5 Å². The van der Waals surface area contributed by atoms with E-state index in [0.29, 0.717) is 10.8 Å². The summed E-state index contributed by atoms with van der Waals surface area (Å²) in [7, 11) is -0.482. The van der Waals surface area contributed by atoms with Crippen LogP contribution in [0.25, 0.3) is 10.8 Å². The molecule has 2 aromatic rings. The molecule has 0 saturated carbocycles. The highest BCUT2D eigenvalue weighted by Crippen LogP contribution is 2.19. The molecular formula is C16H20N4O5S. The van der Waals surface area contributed by atoms with Crippen molar-refractivity contribution in [3.63, 3.8) is 0 Å². The number of hydrogen-bond donors (Lipinski definition) is 2. The Bertz CT molecular complexity index is 986. The van der Waals surface area contributed by atoms with Crippen LogP contribution in [0.3, 0.4) is 0 Å². The van der Waals surface area contributed by atoms with Gasteiger partial charge in [-0.25, -0.2) is 17.8 Å². The normalized spacial score (nSPS) is 20.6. The number of carbonyl (C=O) groups excluding carboxylic acids is 1. The molecule has 26 heavy (non-hydrogen) atoms. The Labute approximate surface area is 150 Å². The Balaban J connectivity index is 1.82. The van der Waals surface area contributed by atoms with Crippen molar-refractivity contribution >= 4 is 26.7 Å². The summed E-state index contributed by atoms with van der Waals surface area (Å²) in [5.41, 5.74) is -0.294. The van der Waals surface area contributed by atoms with Gasteiger partial charge in [0.05, 0.1) is 30.4 Å². The second kappa shape index (κ2) is 7.14. The molecule has 1 aromatic heterocycles. The first-order chi connectivity index (χ1) is 12.3. The van der Waals surface area contributed by atoms with Gasteiger partial charge in [0.15, 0.2) is 5.69 Å². The Hall–Kier alpha value is -2.30. The molecule has 1 aromatic carbocycles. The number of amides is 1. The van der Waals surface area contributed by atoms with Crippen molar-refractivity contribution < 1.29 is 17.9 Å². The summed E-state index contributed by atoms with van der Waals surface area (Å²) in [6, 6.07) is 6.21. The number of aromatic nitrogens is 2. The average molecular weight is 380 g/mol. The summed E-state index contributed by atoms with van der Waals surface area (Å²) in [6.07, 6.45) is 0. The molecule has 1 aliphatic rings. The number of sulfonamides is 1. The number of hydrogen-bond acceptors (Lipinski definition) is 6. The van der Waals surface area contributed by atoms with Crippen molar-refractivity contribution in [1.29, 1.82) is 0 Å². The third kappa shape index (κ3) is 3.62. The number of H-pyrrole nitrogens is 1. The molecule has 0 radical (unpaired) electrons. The zero-order valence-electron chi connectivity index (χ0n) is 14.4. The van der Waals surface area contributed by atoms with Crippen LogP contribution < -0.4 is 10.9 Å². The fourth-order valence-electron chi connectivity index (χ4n) is 2.87. The largest absolute Gasteiger partial charge is 0.379 e. The highest BCUT2D eigenvalue weighted by Gasteiger charge is 2.34. The van der Waals surface area contributed by atoms with Gasteiger partial charge in [-0.3, -0.25) is 9.59 Å². The van der Waals surface area contributed by atoms with E-state index in [0.717, 1.165) is 4.31 Å². The molecule has 2 N–H and O–H groups in total. The van der Waals surface area contributed by atoms with E-state index in [1.807, 2.05) is 0 Å². The lowest BCUT2D eigenvalue weighted by molar-refractivity contribution is 0.0922. The molecule has 3 rings (SSSR count). The molecule has 140 valence electrons. The van der Waals surface area contributed by atoms with Gasteiger partial charge < -0.3 is 10.1 Å². The first kappa shape index (κ1) is 18.5. The van der Waals surface area contributed by atoms with Crippen molar-refractivity contribution in [3.8, 4) is 0 Å². The third-order valence-electron chi connectivity index (χ3n) is 4.41. The fourth-order valence-corrected chi connectivity index (χ4v) is 4.03. The van der Waals surface area contributed by atoms with Crippen molar-refractivity contribution in [2.75, 3.05) is 33.1 Å². The monoisotopic (exact) mass is 380 g/mol. The molecule has 0 spiro atoms. The van der Waals surface area contributed by atoms with E-state index in [9.17, 15) is 18.0 Å². The minimum Gasteiger partial charge on any atom is -0.379 e. The number of fused-ring (bicyclic) bond motifs is 1. The molecule has 10 heteroatoms. The van der Waals surface area contributed by atoms with Crippen LogP contribution in [0.4, 0.5) is 0 Å². The van der Waals surface area contributed by atoms with Gasteiger partial charge >= 0.3 is 0 Å². The highest BCUT2D eigenvalue weighted by molar-refractivity contribution is 7.89. The van der Waals surface area contributed by atoms with Crippen LogP contribution in [-0.2, 0) is 14.8 Å². The second-order valence-electron chi connectivity index (χ2n) is 6.39. The van der Waals surface area contributed by atoms with Gasteiger partial charge in [-0.1, -0.05) is 18.2 Å². The van der Waals surface area contributed by atoms with Crippen LogP contribution in [0.1, 0.15) is 10.5 Å². The molecule has 1 aliphatic heterocycles. The maximum atomic E-state index is 12.7. The highest BCUT2D eigenvalue weighted by atomic mass is 32.2. The smallest absolute Gasteiger partial charge is 0.272 e. The molecular weight excluding hydrogens is 360 g/mol. The van der Waals surface area contributed by atoms with Crippen LogP contribution in [0.5, 0.6) is 0 Å². The number of carbonyl (C=O) groups is 1. The van der Waals surface area contributed by atoms with Crippen molar-refractivity contribution in [1.82, 2.24) is 19.8 Å². The van der Waals surface area contributed by atoms with Crippen LogP contribution in [0.15, 0.2) is 29.1 Å². The van der Waals surface area contributed by atoms with Crippen molar-refractivity contribution in [3.05, 3.63) is 40.3 Å². The quantitative estimate of drug-likeness (QED) is 0.725. The number of nitrogens with one attached hydrogen (secondary N) is 2. The molecule has 0 aliphatic carbocycles. The number of nitrogens with zero attached hydrogens (tertiary/aromatic N) is 2. The Morgan fingerprint density at radius 3 is 2.69 bits per heavy atom. The van der Waals surface area contributed by atoms with E-state index in [1.165, 1.54) is 14.1 Å². The van der Waals surface area contributed by atoms with Crippen molar-refractivity contribution in [2.45, 2.75) is 6.04 Å². The number of ether oxygens (including phenoxy) is 1. The molecule has 1 saturated heterocycles. The molecule has 2 heterocycles. The molecule has 0 bridgehead atoms. The van der Waals surface area contributed by atoms with Gasteiger partial charge in [-0.05, 0) is 6.07 Å². The summed E-state index contributed by atoms with van der Waals surface area (Å²) >= 11 is 0. The topological polar surface area (TPSA) is 121 Å². The molecule has 2 atom stereocenters. The lowest BCUT2D eigenvalue weighted by Gasteiger charge is -2.21. The summed E-state index contributed by atoms with van der Waals surface area (Å²) in [4.78, 5) is 24.5. The number of benzene rings is 1. The van der Waals surface area contributed by atoms with Crippen LogP contribution >= 0.6 is 0 Å². The van der Waals surface area contributed by atoms with Gasteiger partial charge in [-0.2, -0.15) is 5.10 Å². The summed E-state index contributed by atoms with van der Waals surface area (Å²) in [5, 5.41) is 9.76. The second-order valence-corrected chi connectivity index (χ2v) is 8.61. The molecule has 0 unspecified atom stereocenters. The van der Waals surface area contributed by atoms with Crippen molar-refractivity contribution in [2.24, 2.45) is 5.92 Å². The maximum Gasteiger partial charge on any atom is 0.272 e. The van der Waals surface area contributed by atoms with E-state index in [1.54, 1.807) is 24.3 Å². The predicted octanol–water partition coefficient (Wildman–Crippen LogP) is -0.441. The van der Waals surface area contributed by atoms with E-state index < -0.39 is 22.0 Å². The number of rotatable bonds is 5. The summed E-state index contributed by atoms with van der Waals surface area (Å²) in [6.45, 7) is 0.471. The van der Waals surface area contributed by atoms with Gasteiger partial charge in [0.1, 0.15) is 0 Å². The molecule has 1 fully saturated rings. The molecule has 1 amide bonds.